The molecule has 2 atom stereocenters. The Morgan fingerprint density at radius 3 is 2.42 bits per heavy atom. The van der Waals surface area contributed by atoms with Gasteiger partial charge in [-0.2, -0.15) is 13.2 Å². The molecule has 1 saturated heterocycles. The van der Waals surface area contributed by atoms with Crippen LogP contribution in [-0.2, 0) is 53.1 Å². The molecule has 17 nitrogen and oxygen atoms in total. The van der Waals surface area contributed by atoms with Crippen molar-refractivity contribution in [2.45, 2.75) is 37.8 Å². The molecule has 4 N–H and O–H groups in total. The Hall–Kier alpha value is -2.55. The van der Waals surface area contributed by atoms with E-state index >= 15 is 0 Å². The molecule has 0 saturated carbocycles. The molecular weight excluding hydrogens is 596 g/mol. The maximum Gasteiger partial charge on any atom is 0.471 e. The van der Waals surface area contributed by atoms with E-state index < -0.39 is 70.2 Å². The van der Waals surface area contributed by atoms with Gasteiger partial charge in [-0.15, -0.1) is 0 Å². The number of aromatic nitrogens is 2. The van der Waals surface area contributed by atoms with E-state index in [4.69, 9.17) is 19.8 Å². The van der Waals surface area contributed by atoms with Crippen molar-refractivity contribution in [1.29, 1.82) is 0 Å². The van der Waals surface area contributed by atoms with Gasteiger partial charge in [-0.1, -0.05) is 0 Å². The number of alkyl halides is 3. The second-order valence-corrected chi connectivity index (χ2v) is 17.3. The van der Waals surface area contributed by atoms with Crippen LogP contribution in [0.4, 0.5) is 13.2 Å². The van der Waals surface area contributed by atoms with Gasteiger partial charge in [0.2, 0.25) is 0 Å². The van der Waals surface area contributed by atoms with Crippen molar-refractivity contribution >= 4 is 27.3 Å². The van der Waals surface area contributed by atoms with Crippen LogP contribution in [0.15, 0.2) is 15.8 Å². The van der Waals surface area contributed by atoms with Crippen molar-refractivity contribution in [3.8, 4) is 11.8 Å². The van der Waals surface area contributed by atoms with E-state index in [2.05, 4.69) is 26.2 Å². The molecule has 0 aromatic carbocycles. The Bertz CT molecular complexity index is 1340. The number of halogens is 3. The van der Waals surface area contributed by atoms with Gasteiger partial charge in [0.25, 0.3) is 0 Å². The Kier molecular flexibility index (Phi) is 10.4. The smallest absolute Gasteiger partial charge is 0.162 e. The molecular formula is C15H17F3N3O14P3. The van der Waals surface area contributed by atoms with Crippen LogP contribution in [0.2, 0.25) is 0 Å². The molecule has 1 fully saturated rings. The van der Waals surface area contributed by atoms with Crippen molar-refractivity contribution < 1.29 is 70.4 Å². The van der Waals surface area contributed by atoms with E-state index in [1.807, 2.05) is 4.98 Å². The molecule has 2 heterocycles. The molecule has 1 aromatic heterocycles. The van der Waals surface area contributed by atoms with Gasteiger partial charge in [-0.25, -0.2) is 0 Å². The van der Waals surface area contributed by atoms with E-state index in [1.54, 1.807) is 0 Å². The van der Waals surface area contributed by atoms with Crippen LogP contribution in [0.1, 0.15) is 24.6 Å². The van der Waals surface area contributed by atoms with Crippen LogP contribution in [0.25, 0.3) is 0 Å². The Labute approximate surface area is 208 Å². The number of hydrogen-bond acceptors (Lipinski definition) is 14. The van der Waals surface area contributed by atoms with Gasteiger partial charge < -0.3 is 5.32 Å². The first-order valence-corrected chi connectivity index (χ1v) is 15.6. The zero-order chi connectivity index (χ0) is 28.7. The van der Waals surface area contributed by atoms with E-state index in [0.717, 1.165) is 10.8 Å². The first kappa shape index (κ1) is 31.7. The number of nitrogens with zero attached hydrogens (tertiary/aromatic N) is 1. The molecule has 0 radical (unpaired) electrons. The van der Waals surface area contributed by atoms with Crippen molar-refractivity contribution in [3.63, 3.8) is 0 Å². The summed E-state index contributed by atoms with van der Waals surface area (Å²) in [6, 6.07) is 0. The third kappa shape index (κ3) is 6.71. The first-order chi connectivity index (χ1) is 17.7. The van der Waals surface area contributed by atoms with Crippen LogP contribution in [-0.4, -0.2) is 51.4 Å². The Balaban J connectivity index is 2.14. The molecule has 212 valence electrons. The summed E-state index contributed by atoms with van der Waals surface area (Å²) >= 11 is 0. The minimum absolute atomic E-state index is 0.00740. The number of ether oxygens (including phenoxy) is 1. The second-order valence-electron chi connectivity index (χ2n) is 7.13. The average Bonchev–Trinajstić information content (AvgIpc) is 3.30. The average molecular weight is 613 g/mol. The predicted molar refractivity (Wildman–Crippen MR) is 113 cm³/mol. The van der Waals surface area contributed by atoms with Crippen LogP contribution < -0.4 is 16.6 Å². The number of carbonyl (C=O) groups is 1. The standard InChI is InChI=1S/C15H17F3N3O14P3/c16-15(17,18)13(23)19-6-2-1-3-9-7-21(14(24)20-12(9)22)11-5-4-10(32-11)8-31-38(34-26,35-33-25,36(27)28)37(29)30/h7,10-11,25-26H,3-6,8H2,(H,19,23)(H,20,22,24)/t10-,11+/m0/s1. The van der Waals surface area contributed by atoms with Gasteiger partial charge in [-0.3, -0.25) is 4.79 Å². The number of rotatable bonds is 11. The molecule has 1 aliphatic rings. The van der Waals surface area contributed by atoms with Gasteiger partial charge in [0, 0.05) is 0 Å². The summed E-state index contributed by atoms with van der Waals surface area (Å²) in [5.41, 5.74) is -1.92. The number of carbonyl (C=O) groups excluding carboxylic acids is 1. The summed E-state index contributed by atoms with van der Waals surface area (Å²) in [5.74, 6) is 2.36. The third-order valence-corrected chi connectivity index (χ3v) is 14.5. The van der Waals surface area contributed by atoms with Gasteiger partial charge in [0.1, 0.15) is 0 Å². The molecule has 1 amide bonds. The predicted octanol–water partition coefficient (Wildman–Crippen LogP) is 1.84. The Morgan fingerprint density at radius 1 is 1.21 bits per heavy atom. The molecule has 0 aliphatic carbocycles. The molecule has 38 heavy (non-hydrogen) atoms. The van der Waals surface area contributed by atoms with Crippen LogP contribution in [0.5, 0.6) is 0 Å². The number of hydrogen-bond donors (Lipinski definition) is 4. The van der Waals surface area contributed by atoms with E-state index in [-0.39, 0.29) is 24.8 Å². The van der Waals surface area contributed by atoms with Gasteiger partial charge in [0.15, 0.2) is 0 Å². The fourth-order valence-corrected chi connectivity index (χ4v) is 7.37. The van der Waals surface area contributed by atoms with Crippen molar-refractivity contribution in [3.05, 3.63) is 32.6 Å². The number of H-pyrrole nitrogens is 1. The van der Waals surface area contributed by atoms with E-state index in [0.29, 0.717) is 0 Å². The monoisotopic (exact) mass is 613 g/mol. The summed E-state index contributed by atoms with van der Waals surface area (Å²) in [4.78, 5) is 37.0. The normalized spacial score (nSPS) is 18.6. The fourth-order valence-electron chi connectivity index (χ4n) is 2.92. The van der Waals surface area contributed by atoms with Crippen LogP contribution >= 0.6 is 21.4 Å². The van der Waals surface area contributed by atoms with Crippen molar-refractivity contribution in [1.82, 2.24) is 14.9 Å². The summed E-state index contributed by atoms with van der Waals surface area (Å²) in [6.45, 7) is -8.11. The quantitative estimate of drug-likeness (QED) is 0.121. The molecule has 23 heteroatoms. The number of nitrogens with one attached hydrogen (secondary N) is 2. The molecule has 0 spiro atoms. The number of amides is 1. The van der Waals surface area contributed by atoms with Crippen molar-refractivity contribution in [2.75, 3.05) is 13.2 Å². The molecule has 0 unspecified atom stereocenters. The van der Waals surface area contributed by atoms with Crippen molar-refractivity contribution in [2.24, 2.45) is 0 Å². The Morgan fingerprint density at radius 2 is 1.87 bits per heavy atom. The maximum atomic E-state index is 12.2. The number of aromatic amines is 1. The van der Waals surface area contributed by atoms with Gasteiger partial charge in [0.05, 0.1) is 0 Å². The van der Waals surface area contributed by atoms with Crippen LogP contribution in [0.3, 0.4) is 0 Å². The summed E-state index contributed by atoms with van der Waals surface area (Å²) < 4.78 is 101. The molecule has 1 aliphatic heterocycles. The largest absolute Gasteiger partial charge is 0.471 e. The third-order valence-electron chi connectivity index (χ3n) is 4.76. The molecule has 0 bridgehead atoms. The first-order valence-electron chi connectivity index (χ1n) is 9.82. The second kappa shape index (κ2) is 12.5. The summed E-state index contributed by atoms with van der Waals surface area (Å²) in [5, 5.41) is 22.1. The molecule has 1 aromatic rings. The SMILES string of the molecule is O=C(NCC#CCc1cn([C@H]2CC[C@@H](COP(OO)(OOO)(P(=O)=O)P(=O)=O)O2)c(=O)[nH]c1=O)C(F)(F)F. The minimum Gasteiger partial charge on any atom is -0.162 e. The van der Waals surface area contributed by atoms with E-state index in [1.165, 1.54) is 5.32 Å². The van der Waals surface area contributed by atoms with Gasteiger partial charge in [-0.05, 0) is 0 Å². The van der Waals surface area contributed by atoms with E-state index in [9.17, 15) is 45.8 Å². The van der Waals surface area contributed by atoms with Crippen LogP contribution in [0, 0.1) is 11.8 Å². The molecule has 2 rings (SSSR count). The topological polar surface area (TPSA) is 239 Å². The fraction of sp³-hybridized carbons (Fsp3) is 0.533. The zero-order valence-electron chi connectivity index (χ0n) is 18.5. The minimum atomic E-state index is -6.51. The summed E-state index contributed by atoms with van der Waals surface area (Å²) in [6.07, 6.45) is -6.59. The summed E-state index contributed by atoms with van der Waals surface area (Å²) in [7, 11) is -8.79. The van der Waals surface area contributed by atoms with Gasteiger partial charge >= 0.3 is 185 Å². The maximum absolute atomic E-state index is 12.2. The zero-order valence-corrected chi connectivity index (χ0v) is 21.2.